The molecule has 2 aromatic heterocycles. The summed E-state index contributed by atoms with van der Waals surface area (Å²) >= 11 is 0. The number of aromatic amines is 1. The van der Waals surface area contributed by atoms with Gasteiger partial charge in [0.15, 0.2) is 0 Å². The Morgan fingerprint density at radius 1 is 1.53 bits per heavy atom. The molecule has 90 valence electrons. The lowest BCUT2D eigenvalue weighted by atomic mass is 10.2. The van der Waals surface area contributed by atoms with Gasteiger partial charge >= 0.3 is 5.97 Å². The van der Waals surface area contributed by atoms with Crippen molar-refractivity contribution in [3.05, 3.63) is 17.2 Å². The molecule has 0 spiro atoms. The monoisotopic (exact) mass is 236 g/mol. The summed E-state index contributed by atoms with van der Waals surface area (Å²) in [7, 11) is 1.53. The van der Waals surface area contributed by atoms with Crippen LogP contribution < -0.4 is 5.73 Å². The van der Waals surface area contributed by atoms with Crippen LogP contribution >= 0.6 is 0 Å². The topological polar surface area (TPSA) is 114 Å². The highest BCUT2D eigenvalue weighted by molar-refractivity contribution is 6.04. The number of carboxylic acid groups (broad SMARTS) is 1. The van der Waals surface area contributed by atoms with Gasteiger partial charge in [-0.25, -0.2) is 14.8 Å². The Morgan fingerprint density at radius 3 is 2.82 bits per heavy atom. The van der Waals surface area contributed by atoms with E-state index in [9.17, 15) is 4.79 Å². The molecule has 0 aliphatic rings. The molecule has 0 aliphatic heterocycles. The minimum absolute atomic E-state index is 0.0720. The summed E-state index contributed by atoms with van der Waals surface area (Å²) in [5.41, 5.74) is 6.84. The molecule has 2 aromatic rings. The Labute approximate surface area is 96.6 Å². The average molecular weight is 236 g/mol. The molecule has 0 aromatic carbocycles. The SMILES string of the molecule is COCc1nc(C)nc2[nH]c(C(=O)O)c(N)c12. The van der Waals surface area contributed by atoms with Crippen molar-refractivity contribution in [3.63, 3.8) is 0 Å². The van der Waals surface area contributed by atoms with Gasteiger partial charge in [-0.15, -0.1) is 0 Å². The molecular weight excluding hydrogens is 224 g/mol. The number of carbonyl (C=O) groups is 1. The number of aromatic carboxylic acids is 1. The van der Waals surface area contributed by atoms with Gasteiger partial charge in [0.05, 0.1) is 23.4 Å². The molecular formula is C10H12N4O3. The predicted molar refractivity (Wildman–Crippen MR) is 60.7 cm³/mol. The average Bonchev–Trinajstić information content (AvgIpc) is 2.56. The summed E-state index contributed by atoms with van der Waals surface area (Å²) in [5.74, 6) is -0.593. The summed E-state index contributed by atoms with van der Waals surface area (Å²) in [6.45, 7) is 1.97. The third-order valence-corrected chi connectivity index (χ3v) is 2.37. The summed E-state index contributed by atoms with van der Waals surface area (Å²) in [4.78, 5) is 21.9. The van der Waals surface area contributed by atoms with Crippen LogP contribution in [0.1, 0.15) is 22.0 Å². The van der Waals surface area contributed by atoms with Crippen molar-refractivity contribution in [3.8, 4) is 0 Å². The Morgan fingerprint density at radius 2 is 2.24 bits per heavy atom. The molecule has 17 heavy (non-hydrogen) atoms. The molecule has 0 unspecified atom stereocenters. The van der Waals surface area contributed by atoms with Gasteiger partial charge in [0.1, 0.15) is 17.2 Å². The summed E-state index contributed by atoms with van der Waals surface area (Å²) in [6, 6.07) is 0. The molecule has 0 saturated heterocycles. The van der Waals surface area contributed by atoms with Crippen molar-refractivity contribution in [1.29, 1.82) is 0 Å². The first-order valence-electron chi connectivity index (χ1n) is 4.91. The number of ether oxygens (including phenoxy) is 1. The third kappa shape index (κ3) is 1.80. The second-order valence-corrected chi connectivity index (χ2v) is 3.59. The van der Waals surface area contributed by atoms with E-state index in [1.807, 2.05) is 0 Å². The first kappa shape index (κ1) is 11.3. The van der Waals surface area contributed by atoms with E-state index in [4.69, 9.17) is 15.6 Å². The molecule has 0 saturated carbocycles. The maximum absolute atomic E-state index is 11.0. The number of nitrogens with two attached hydrogens (primary N) is 1. The van der Waals surface area contributed by atoms with Crippen molar-refractivity contribution < 1.29 is 14.6 Å². The number of hydrogen-bond acceptors (Lipinski definition) is 5. The molecule has 2 rings (SSSR count). The van der Waals surface area contributed by atoms with Crippen LogP contribution in [-0.2, 0) is 11.3 Å². The number of methoxy groups -OCH3 is 1. The molecule has 7 heteroatoms. The zero-order chi connectivity index (χ0) is 12.6. The lowest BCUT2D eigenvalue weighted by Gasteiger charge is -2.03. The number of aromatic nitrogens is 3. The fourth-order valence-corrected chi connectivity index (χ4v) is 1.72. The standard InChI is InChI=1S/C10H12N4O3/c1-4-12-5(3-17-2)6-7(11)8(10(15)16)14-9(6)13-4/h3,11H2,1-2H3,(H,15,16)(H,12,13,14). The normalized spacial score (nSPS) is 10.9. The fraction of sp³-hybridized carbons (Fsp3) is 0.300. The minimum atomic E-state index is -1.12. The quantitative estimate of drug-likeness (QED) is 0.722. The highest BCUT2D eigenvalue weighted by Crippen LogP contribution is 2.26. The third-order valence-electron chi connectivity index (χ3n) is 2.37. The predicted octanol–water partition coefficient (Wildman–Crippen LogP) is 0.693. The van der Waals surface area contributed by atoms with Crippen LogP contribution in [0, 0.1) is 6.92 Å². The van der Waals surface area contributed by atoms with E-state index in [1.54, 1.807) is 6.92 Å². The number of nitrogens with one attached hydrogen (secondary N) is 1. The van der Waals surface area contributed by atoms with Gasteiger partial charge in [0.25, 0.3) is 0 Å². The van der Waals surface area contributed by atoms with Gasteiger partial charge in [0, 0.05) is 7.11 Å². The fourth-order valence-electron chi connectivity index (χ4n) is 1.72. The van der Waals surface area contributed by atoms with E-state index < -0.39 is 5.97 Å². The minimum Gasteiger partial charge on any atom is -0.477 e. The summed E-state index contributed by atoms with van der Waals surface area (Å²) < 4.78 is 5.01. The van der Waals surface area contributed by atoms with E-state index in [0.29, 0.717) is 22.6 Å². The number of nitrogens with zero attached hydrogens (tertiary/aromatic N) is 2. The number of nitrogen functional groups attached to an aromatic ring is 1. The highest BCUT2D eigenvalue weighted by Gasteiger charge is 2.19. The van der Waals surface area contributed by atoms with Crippen molar-refractivity contribution in [2.75, 3.05) is 12.8 Å². The Balaban J connectivity index is 2.77. The van der Waals surface area contributed by atoms with Crippen LogP contribution in [0.2, 0.25) is 0 Å². The van der Waals surface area contributed by atoms with Crippen LogP contribution in [0.5, 0.6) is 0 Å². The molecule has 4 N–H and O–H groups in total. The van der Waals surface area contributed by atoms with Crippen molar-refractivity contribution >= 4 is 22.7 Å². The maximum Gasteiger partial charge on any atom is 0.354 e. The van der Waals surface area contributed by atoms with Gasteiger partial charge < -0.3 is 20.6 Å². The van der Waals surface area contributed by atoms with Gasteiger partial charge in [-0.05, 0) is 6.92 Å². The summed E-state index contributed by atoms with van der Waals surface area (Å²) in [6.07, 6.45) is 0. The van der Waals surface area contributed by atoms with Crippen molar-refractivity contribution in [2.45, 2.75) is 13.5 Å². The van der Waals surface area contributed by atoms with E-state index in [2.05, 4.69) is 15.0 Å². The maximum atomic E-state index is 11.0. The molecule has 2 heterocycles. The van der Waals surface area contributed by atoms with Gasteiger partial charge in [-0.1, -0.05) is 0 Å². The van der Waals surface area contributed by atoms with Crippen molar-refractivity contribution in [1.82, 2.24) is 15.0 Å². The number of anilines is 1. The van der Waals surface area contributed by atoms with Gasteiger partial charge in [-0.2, -0.15) is 0 Å². The van der Waals surface area contributed by atoms with E-state index in [1.165, 1.54) is 7.11 Å². The second kappa shape index (κ2) is 4.02. The first-order chi connectivity index (χ1) is 8.04. The van der Waals surface area contributed by atoms with E-state index >= 15 is 0 Å². The zero-order valence-electron chi connectivity index (χ0n) is 9.44. The van der Waals surface area contributed by atoms with Gasteiger partial charge in [0.2, 0.25) is 0 Å². The van der Waals surface area contributed by atoms with E-state index in [-0.39, 0.29) is 18.0 Å². The van der Waals surface area contributed by atoms with Crippen LogP contribution in [0.15, 0.2) is 0 Å². The molecule has 7 nitrogen and oxygen atoms in total. The Kier molecular flexibility index (Phi) is 2.68. The molecule has 0 bridgehead atoms. The molecule has 0 amide bonds. The number of carboxylic acids is 1. The number of fused-ring (bicyclic) bond motifs is 1. The molecule has 0 radical (unpaired) electrons. The molecule has 0 atom stereocenters. The Hall–Kier alpha value is -2.15. The molecule has 0 fully saturated rings. The lowest BCUT2D eigenvalue weighted by molar-refractivity contribution is 0.0692. The number of hydrogen-bond donors (Lipinski definition) is 3. The number of H-pyrrole nitrogens is 1. The number of aryl methyl sites for hydroxylation is 1. The lowest BCUT2D eigenvalue weighted by Crippen LogP contribution is -2.01. The first-order valence-corrected chi connectivity index (χ1v) is 4.91. The van der Waals surface area contributed by atoms with E-state index in [0.717, 1.165) is 0 Å². The van der Waals surface area contributed by atoms with Crippen molar-refractivity contribution in [2.24, 2.45) is 0 Å². The Bertz CT molecular complexity index is 591. The van der Waals surface area contributed by atoms with Crippen LogP contribution in [0.25, 0.3) is 11.0 Å². The largest absolute Gasteiger partial charge is 0.477 e. The second-order valence-electron chi connectivity index (χ2n) is 3.59. The van der Waals surface area contributed by atoms with Crippen LogP contribution in [-0.4, -0.2) is 33.1 Å². The number of rotatable bonds is 3. The molecule has 0 aliphatic carbocycles. The smallest absolute Gasteiger partial charge is 0.354 e. The van der Waals surface area contributed by atoms with Gasteiger partial charge in [-0.3, -0.25) is 0 Å². The van der Waals surface area contributed by atoms with Crippen LogP contribution in [0.4, 0.5) is 5.69 Å². The zero-order valence-corrected chi connectivity index (χ0v) is 9.44. The highest BCUT2D eigenvalue weighted by atomic mass is 16.5. The summed E-state index contributed by atoms with van der Waals surface area (Å²) in [5, 5.41) is 9.48. The van der Waals surface area contributed by atoms with Crippen LogP contribution in [0.3, 0.4) is 0 Å².